The van der Waals surface area contributed by atoms with Crippen molar-refractivity contribution in [2.45, 2.75) is 26.4 Å². The summed E-state index contributed by atoms with van der Waals surface area (Å²) in [5, 5.41) is 5.80. The van der Waals surface area contributed by atoms with Crippen LogP contribution in [0.15, 0.2) is 36.5 Å². The summed E-state index contributed by atoms with van der Waals surface area (Å²) in [6, 6.07) is 9.09. The second kappa shape index (κ2) is 6.27. The SMILES string of the molecule is CC(C)(C)OC(=O)Nc1ccc(Nc2ccc3c(c2)OCO3)cn1. The second-order valence-corrected chi connectivity index (χ2v) is 6.25. The maximum absolute atomic E-state index is 11.7. The highest BCUT2D eigenvalue weighted by Crippen LogP contribution is 2.35. The molecular weight excluding hydrogens is 310 g/mol. The van der Waals surface area contributed by atoms with E-state index < -0.39 is 11.7 Å². The number of fused-ring (bicyclic) bond motifs is 1. The molecular formula is C17H19N3O4. The highest BCUT2D eigenvalue weighted by Gasteiger charge is 2.16. The average Bonchev–Trinajstić information content (AvgIpc) is 2.95. The number of pyridine rings is 1. The predicted octanol–water partition coefficient (Wildman–Crippen LogP) is 3.90. The molecule has 1 aliphatic heterocycles. The summed E-state index contributed by atoms with van der Waals surface area (Å²) in [5.74, 6) is 1.85. The Morgan fingerprint density at radius 1 is 1.12 bits per heavy atom. The van der Waals surface area contributed by atoms with Crippen molar-refractivity contribution in [3.05, 3.63) is 36.5 Å². The molecule has 0 bridgehead atoms. The van der Waals surface area contributed by atoms with Crippen molar-refractivity contribution in [2.24, 2.45) is 0 Å². The van der Waals surface area contributed by atoms with Gasteiger partial charge in [-0.2, -0.15) is 0 Å². The first-order chi connectivity index (χ1) is 11.4. The number of anilines is 3. The third kappa shape index (κ3) is 4.07. The number of ether oxygens (including phenoxy) is 3. The van der Waals surface area contributed by atoms with Gasteiger partial charge in [0.2, 0.25) is 6.79 Å². The van der Waals surface area contributed by atoms with E-state index in [4.69, 9.17) is 14.2 Å². The number of nitrogens with zero attached hydrogens (tertiary/aromatic N) is 1. The molecule has 1 amide bonds. The Labute approximate surface area is 139 Å². The lowest BCUT2D eigenvalue weighted by Gasteiger charge is -2.19. The molecule has 24 heavy (non-hydrogen) atoms. The van der Waals surface area contributed by atoms with Crippen molar-refractivity contribution in [3.63, 3.8) is 0 Å². The van der Waals surface area contributed by atoms with Crippen LogP contribution < -0.4 is 20.1 Å². The van der Waals surface area contributed by atoms with Gasteiger partial charge < -0.3 is 19.5 Å². The van der Waals surface area contributed by atoms with Gasteiger partial charge in [-0.15, -0.1) is 0 Å². The molecule has 0 aliphatic carbocycles. The normalized spacial score (nSPS) is 12.6. The highest BCUT2D eigenvalue weighted by atomic mass is 16.7. The minimum atomic E-state index is -0.551. The van der Waals surface area contributed by atoms with E-state index in [2.05, 4.69) is 15.6 Å². The van der Waals surface area contributed by atoms with E-state index in [0.29, 0.717) is 11.6 Å². The molecule has 7 nitrogen and oxygen atoms in total. The number of hydrogen-bond donors (Lipinski definition) is 2. The fraction of sp³-hybridized carbons (Fsp3) is 0.294. The van der Waals surface area contributed by atoms with Gasteiger partial charge in [0.15, 0.2) is 11.5 Å². The van der Waals surface area contributed by atoms with E-state index in [0.717, 1.165) is 17.1 Å². The minimum Gasteiger partial charge on any atom is -0.454 e. The van der Waals surface area contributed by atoms with E-state index in [9.17, 15) is 4.79 Å². The van der Waals surface area contributed by atoms with Gasteiger partial charge in [-0.05, 0) is 45.0 Å². The largest absolute Gasteiger partial charge is 0.454 e. The van der Waals surface area contributed by atoms with E-state index in [1.54, 1.807) is 33.0 Å². The van der Waals surface area contributed by atoms with E-state index in [1.165, 1.54) is 0 Å². The van der Waals surface area contributed by atoms with Crippen LogP contribution in [0.5, 0.6) is 11.5 Å². The lowest BCUT2D eigenvalue weighted by Crippen LogP contribution is -2.27. The topological polar surface area (TPSA) is 81.7 Å². The van der Waals surface area contributed by atoms with Gasteiger partial charge in [-0.3, -0.25) is 5.32 Å². The minimum absolute atomic E-state index is 0.241. The lowest BCUT2D eigenvalue weighted by atomic mass is 10.2. The first-order valence-electron chi connectivity index (χ1n) is 7.52. The molecule has 7 heteroatoms. The number of carbonyl (C=O) groups excluding carboxylic acids is 1. The van der Waals surface area contributed by atoms with Crippen molar-refractivity contribution < 1.29 is 19.0 Å². The van der Waals surface area contributed by atoms with Crippen molar-refractivity contribution >= 4 is 23.3 Å². The molecule has 126 valence electrons. The third-order valence-electron chi connectivity index (χ3n) is 3.05. The quantitative estimate of drug-likeness (QED) is 0.889. The smallest absolute Gasteiger partial charge is 0.413 e. The summed E-state index contributed by atoms with van der Waals surface area (Å²) in [6.07, 6.45) is 1.09. The Hall–Kier alpha value is -2.96. The molecule has 1 aliphatic rings. The zero-order chi connectivity index (χ0) is 17.2. The molecule has 0 spiro atoms. The lowest BCUT2D eigenvalue weighted by molar-refractivity contribution is 0.0635. The molecule has 1 aromatic heterocycles. The van der Waals surface area contributed by atoms with Crippen LogP contribution in [0.1, 0.15) is 20.8 Å². The number of amides is 1. The summed E-state index contributed by atoms with van der Waals surface area (Å²) in [4.78, 5) is 15.9. The van der Waals surface area contributed by atoms with Crippen molar-refractivity contribution in [1.82, 2.24) is 4.98 Å². The highest BCUT2D eigenvalue weighted by molar-refractivity contribution is 5.83. The fourth-order valence-electron chi connectivity index (χ4n) is 2.09. The van der Waals surface area contributed by atoms with Crippen molar-refractivity contribution in [3.8, 4) is 11.5 Å². The van der Waals surface area contributed by atoms with Crippen LogP contribution in [0, 0.1) is 0 Å². The van der Waals surface area contributed by atoms with Crippen LogP contribution in [-0.4, -0.2) is 23.5 Å². The Morgan fingerprint density at radius 2 is 1.88 bits per heavy atom. The van der Waals surface area contributed by atoms with Crippen molar-refractivity contribution in [1.29, 1.82) is 0 Å². The molecule has 0 fully saturated rings. The van der Waals surface area contributed by atoms with Gasteiger partial charge in [0.1, 0.15) is 11.4 Å². The molecule has 2 heterocycles. The standard InChI is InChI=1S/C17H19N3O4/c1-17(2,3)24-16(21)20-15-7-5-12(9-18-15)19-11-4-6-13-14(8-11)23-10-22-13/h4-9,19H,10H2,1-3H3,(H,18,20,21). The van der Waals surface area contributed by atoms with Crippen LogP contribution in [0.3, 0.4) is 0 Å². The number of carbonyl (C=O) groups is 1. The van der Waals surface area contributed by atoms with E-state index >= 15 is 0 Å². The molecule has 0 unspecified atom stereocenters. The molecule has 0 saturated heterocycles. The van der Waals surface area contributed by atoms with Gasteiger partial charge >= 0.3 is 6.09 Å². The monoisotopic (exact) mass is 329 g/mol. The summed E-state index contributed by atoms with van der Waals surface area (Å²) < 4.78 is 15.8. The molecule has 3 rings (SSSR count). The first kappa shape index (κ1) is 15.9. The third-order valence-corrected chi connectivity index (χ3v) is 3.05. The summed E-state index contributed by atoms with van der Waals surface area (Å²) in [5.41, 5.74) is 1.09. The maximum atomic E-state index is 11.7. The number of rotatable bonds is 3. The summed E-state index contributed by atoms with van der Waals surface area (Å²) in [7, 11) is 0. The van der Waals surface area contributed by atoms with Crippen LogP contribution in [0.2, 0.25) is 0 Å². The molecule has 2 N–H and O–H groups in total. The summed E-state index contributed by atoms with van der Waals surface area (Å²) >= 11 is 0. The molecule has 2 aromatic rings. The van der Waals surface area contributed by atoms with Gasteiger partial charge in [0, 0.05) is 11.8 Å². The first-order valence-corrected chi connectivity index (χ1v) is 7.52. The Morgan fingerprint density at radius 3 is 2.58 bits per heavy atom. The second-order valence-electron chi connectivity index (χ2n) is 6.25. The van der Waals surface area contributed by atoms with E-state index in [1.807, 2.05) is 24.3 Å². The zero-order valence-corrected chi connectivity index (χ0v) is 13.8. The Bertz CT molecular complexity index is 738. The summed E-state index contributed by atoms with van der Waals surface area (Å²) in [6.45, 7) is 5.65. The predicted molar refractivity (Wildman–Crippen MR) is 89.9 cm³/mol. The Kier molecular flexibility index (Phi) is 4.16. The molecule has 0 saturated carbocycles. The maximum Gasteiger partial charge on any atom is 0.413 e. The van der Waals surface area contributed by atoms with Crippen LogP contribution >= 0.6 is 0 Å². The van der Waals surface area contributed by atoms with Gasteiger partial charge in [-0.1, -0.05) is 0 Å². The number of aromatic nitrogens is 1. The number of benzene rings is 1. The average molecular weight is 329 g/mol. The van der Waals surface area contributed by atoms with Crippen LogP contribution in [0.4, 0.5) is 22.0 Å². The van der Waals surface area contributed by atoms with Gasteiger partial charge in [0.05, 0.1) is 11.9 Å². The number of hydrogen-bond acceptors (Lipinski definition) is 6. The van der Waals surface area contributed by atoms with E-state index in [-0.39, 0.29) is 6.79 Å². The van der Waals surface area contributed by atoms with Crippen LogP contribution in [0.25, 0.3) is 0 Å². The molecule has 0 radical (unpaired) electrons. The van der Waals surface area contributed by atoms with Gasteiger partial charge in [0.25, 0.3) is 0 Å². The fourth-order valence-corrected chi connectivity index (χ4v) is 2.09. The molecule has 0 atom stereocenters. The molecule has 1 aromatic carbocycles. The zero-order valence-electron chi connectivity index (χ0n) is 13.8. The van der Waals surface area contributed by atoms with Crippen molar-refractivity contribution in [2.75, 3.05) is 17.4 Å². The van der Waals surface area contributed by atoms with Crippen LogP contribution in [-0.2, 0) is 4.74 Å². The Balaban J connectivity index is 1.61. The number of nitrogens with one attached hydrogen (secondary N) is 2. The van der Waals surface area contributed by atoms with Gasteiger partial charge in [-0.25, -0.2) is 9.78 Å².